The van der Waals surface area contributed by atoms with Gasteiger partial charge in [0, 0.05) is 15.6 Å². The van der Waals surface area contributed by atoms with Crippen molar-refractivity contribution < 1.29 is 0 Å². The molecule has 4 rings (SSSR count). The molecule has 0 fully saturated rings. The molecule has 0 aliphatic heterocycles. The number of nitrogens with one attached hydrogen (secondary N) is 2. The third kappa shape index (κ3) is 3.53. The summed E-state index contributed by atoms with van der Waals surface area (Å²) in [5.74, 6) is 0.705. The number of halogens is 2. The summed E-state index contributed by atoms with van der Waals surface area (Å²) in [7, 11) is 0. The van der Waals surface area contributed by atoms with Gasteiger partial charge in [0.1, 0.15) is 0 Å². The van der Waals surface area contributed by atoms with Crippen molar-refractivity contribution in [2.75, 3.05) is 5.32 Å². The predicted molar refractivity (Wildman–Crippen MR) is 115 cm³/mol. The van der Waals surface area contributed by atoms with Crippen LogP contribution in [-0.4, -0.2) is 9.97 Å². The minimum atomic E-state index is -0.00790. The molecule has 0 bridgehead atoms. The Hall–Kier alpha value is -2.49. The lowest BCUT2D eigenvalue weighted by atomic mass is 9.99. The molecule has 1 heterocycles. The molecule has 0 spiro atoms. The largest absolute Gasteiger partial charge is 0.349 e. The average Bonchev–Trinajstić information content (AvgIpc) is 3.10. The second-order valence-corrected chi connectivity index (χ2v) is 7.48. The highest BCUT2D eigenvalue weighted by atomic mass is 35.5. The fraction of sp³-hybridized carbons (Fsp3) is 0.136. The van der Waals surface area contributed by atoms with E-state index in [0.717, 1.165) is 16.8 Å². The molecule has 0 saturated heterocycles. The summed E-state index contributed by atoms with van der Waals surface area (Å²) >= 11 is 12.3. The van der Waals surface area contributed by atoms with Crippen LogP contribution < -0.4 is 5.32 Å². The highest BCUT2D eigenvalue weighted by molar-refractivity contribution is 6.35. The first-order chi connectivity index (χ1) is 13.0. The molecule has 0 aliphatic carbocycles. The number of fused-ring (bicyclic) bond motifs is 1. The van der Waals surface area contributed by atoms with Crippen molar-refractivity contribution in [1.82, 2.24) is 9.97 Å². The van der Waals surface area contributed by atoms with Gasteiger partial charge in [0.2, 0.25) is 5.95 Å². The second-order valence-electron chi connectivity index (χ2n) is 6.64. The Balaban J connectivity index is 1.61. The molecule has 27 heavy (non-hydrogen) atoms. The van der Waals surface area contributed by atoms with Crippen molar-refractivity contribution in [3.63, 3.8) is 0 Å². The molecule has 4 aromatic rings. The Bertz CT molecular complexity index is 1120. The van der Waals surface area contributed by atoms with Crippen LogP contribution in [-0.2, 0) is 0 Å². The Morgan fingerprint density at radius 2 is 1.85 bits per heavy atom. The van der Waals surface area contributed by atoms with Gasteiger partial charge in [-0.3, -0.25) is 0 Å². The number of imidazole rings is 1. The number of benzene rings is 3. The van der Waals surface area contributed by atoms with Crippen molar-refractivity contribution in [1.29, 1.82) is 0 Å². The van der Waals surface area contributed by atoms with Gasteiger partial charge in [-0.1, -0.05) is 65.7 Å². The number of aromatic nitrogens is 2. The van der Waals surface area contributed by atoms with Gasteiger partial charge in [-0.2, -0.15) is 0 Å². The molecule has 1 atom stereocenters. The van der Waals surface area contributed by atoms with Crippen molar-refractivity contribution in [3.8, 4) is 11.3 Å². The summed E-state index contributed by atoms with van der Waals surface area (Å²) in [6, 6.07) is 18.2. The van der Waals surface area contributed by atoms with E-state index in [2.05, 4.69) is 58.6 Å². The first kappa shape index (κ1) is 17.9. The zero-order valence-corrected chi connectivity index (χ0v) is 16.6. The van der Waals surface area contributed by atoms with Gasteiger partial charge in [0.25, 0.3) is 0 Å². The van der Waals surface area contributed by atoms with E-state index >= 15 is 0 Å². The number of anilines is 1. The maximum atomic E-state index is 6.31. The molecule has 136 valence electrons. The van der Waals surface area contributed by atoms with Crippen LogP contribution in [0.2, 0.25) is 10.0 Å². The van der Waals surface area contributed by atoms with Crippen molar-refractivity contribution in [2.24, 2.45) is 0 Å². The molecule has 0 aliphatic rings. The van der Waals surface area contributed by atoms with E-state index in [4.69, 9.17) is 23.2 Å². The van der Waals surface area contributed by atoms with Crippen molar-refractivity contribution >= 4 is 39.9 Å². The van der Waals surface area contributed by atoms with Crippen LogP contribution in [0.3, 0.4) is 0 Å². The molecule has 0 saturated carbocycles. The summed E-state index contributed by atoms with van der Waals surface area (Å²) in [6.07, 6.45) is 1.86. The predicted octanol–water partition coefficient (Wildman–Crippen LogP) is 7.02. The third-order valence-electron chi connectivity index (χ3n) is 4.85. The van der Waals surface area contributed by atoms with E-state index in [1.807, 2.05) is 25.3 Å². The highest BCUT2D eigenvalue weighted by Gasteiger charge is 2.13. The third-order valence-corrected chi connectivity index (χ3v) is 5.41. The summed E-state index contributed by atoms with van der Waals surface area (Å²) in [4.78, 5) is 7.87. The van der Waals surface area contributed by atoms with Crippen LogP contribution >= 0.6 is 23.2 Å². The van der Waals surface area contributed by atoms with Crippen LogP contribution in [0.15, 0.2) is 60.8 Å². The summed E-state index contributed by atoms with van der Waals surface area (Å²) in [5.41, 5.74) is 4.33. The highest BCUT2D eigenvalue weighted by Crippen LogP contribution is 2.31. The number of aryl methyl sites for hydroxylation is 1. The van der Waals surface area contributed by atoms with Crippen LogP contribution in [0.5, 0.6) is 0 Å². The standard InChI is InChI=1S/C22H19Cl2N3/c1-13-17-6-4-3-5-15(17)7-9-18(13)21-12-25-22(27-21)26-14(2)19-10-8-16(23)11-20(19)24/h3-12,14H,1-2H3,(H2,25,26,27). The van der Waals surface area contributed by atoms with Crippen molar-refractivity contribution in [3.05, 3.63) is 82.0 Å². The Labute approximate surface area is 168 Å². The van der Waals surface area contributed by atoms with Crippen LogP contribution in [0.25, 0.3) is 22.0 Å². The number of nitrogens with zero attached hydrogens (tertiary/aromatic N) is 1. The van der Waals surface area contributed by atoms with E-state index in [-0.39, 0.29) is 6.04 Å². The number of hydrogen-bond donors (Lipinski definition) is 2. The molecule has 5 heteroatoms. The van der Waals surface area contributed by atoms with Gasteiger partial charge in [0.15, 0.2) is 0 Å². The first-order valence-electron chi connectivity index (χ1n) is 8.78. The van der Waals surface area contributed by atoms with Crippen LogP contribution in [0.1, 0.15) is 24.1 Å². The number of aromatic amines is 1. The van der Waals surface area contributed by atoms with Gasteiger partial charge in [-0.25, -0.2) is 4.98 Å². The van der Waals surface area contributed by atoms with Gasteiger partial charge >= 0.3 is 0 Å². The Morgan fingerprint density at radius 3 is 2.67 bits per heavy atom. The summed E-state index contributed by atoms with van der Waals surface area (Å²) in [6.45, 7) is 4.18. The zero-order chi connectivity index (χ0) is 19.0. The minimum Gasteiger partial charge on any atom is -0.349 e. The maximum absolute atomic E-state index is 6.31. The molecule has 0 amide bonds. The molecular weight excluding hydrogens is 377 g/mol. The van der Waals surface area contributed by atoms with Crippen LogP contribution in [0, 0.1) is 6.92 Å². The Morgan fingerprint density at radius 1 is 1.04 bits per heavy atom. The minimum absolute atomic E-state index is 0.00790. The van der Waals surface area contributed by atoms with Gasteiger partial charge in [-0.15, -0.1) is 0 Å². The average molecular weight is 396 g/mol. The molecule has 0 radical (unpaired) electrons. The maximum Gasteiger partial charge on any atom is 0.201 e. The molecule has 1 aromatic heterocycles. The molecule has 3 aromatic carbocycles. The SMILES string of the molecule is Cc1c(-c2cnc(NC(C)c3ccc(Cl)cc3Cl)[nH]2)ccc2ccccc12. The summed E-state index contributed by atoms with van der Waals surface area (Å²) < 4.78 is 0. The van der Waals surface area contributed by atoms with E-state index in [9.17, 15) is 0 Å². The molecular formula is C22H19Cl2N3. The summed E-state index contributed by atoms with van der Waals surface area (Å²) in [5, 5.41) is 7.13. The Kier molecular flexibility index (Phi) is 4.81. The fourth-order valence-corrected chi connectivity index (χ4v) is 3.96. The van der Waals surface area contributed by atoms with Gasteiger partial charge in [-0.05, 0) is 47.9 Å². The monoisotopic (exact) mass is 395 g/mol. The lowest BCUT2D eigenvalue weighted by molar-refractivity contribution is 0.868. The number of hydrogen-bond acceptors (Lipinski definition) is 2. The normalized spacial score (nSPS) is 12.3. The van der Waals surface area contributed by atoms with Gasteiger partial charge in [0.05, 0.1) is 17.9 Å². The van der Waals surface area contributed by atoms with Crippen molar-refractivity contribution in [2.45, 2.75) is 19.9 Å². The van der Waals surface area contributed by atoms with Gasteiger partial charge < -0.3 is 10.3 Å². The first-order valence-corrected chi connectivity index (χ1v) is 9.54. The van der Waals surface area contributed by atoms with E-state index in [1.165, 1.54) is 16.3 Å². The second kappa shape index (κ2) is 7.26. The number of rotatable bonds is 4. The fourth-order valence-electron chi connectivity index (χ4n) is 3.39. The zero-order valence-electron chi connectivity index (χ0n) is 15.1. The quantitative estimate of drug-likeness (QED) is 0.389. The van der Waals surface area contributed by atoms with E-state index in [1.54, 1.807) is 6.07 Å². The lowest BCUT2D eigenvalue weighted by Gasteiger charge is -2.15. The smallest absolute Gasteiger partial charge is 0.201 e. The van der Waals surface area contributed by atoms with E-state index in [0.29, 0.717) is 16.0 Å². The number of H-pyrrole nitrogens is 1. The molecule has 1 unspecified atom stereocenters. The topological polar surface area (TPSA) is 40.7 Å². The molecule has 2 N–H and O–H groups in total. The molecule has 3 nitrogen and oxygen atoms in total. The van der Waals surface area contributed by atoms with E-state index < -0.39 is 0 Å². The van der Waals surface area contributed by atoms with Crippen LogP contribution in [0.4, 0.5) is 5.95 Å². The lowest BCUT2D eigenvalue weighted by Crippen LogP contribution is -2.08.